The van der Waals surface area contributed by atoms with Crippen molar-refractivity contribution in [1.82, 2.24) is 19.7 Å². The zero-order valence-corrected chi connectivity index (χ0v) is 15.7. The van der Waals surface area contributed by atoms with Crippen LogP contribution in [-0.2, 0) is 10.0 Å². The molecular weight excluding hydrogens is 378 g/mol. The molecule has 11 nitrogen and oxygen atoms in total. The number of hydrogen-bond donors (Lipinski definition) is 2. The molecule has 0 unspecified atom stereocenters. The molecule has 0 spiro atoms. The number of methoxy groups -OCH3 is 1. The van der Waals surface area contributed by atoms with E-state index in [-0.39, 0.29) is 34.2 Å². The normalized spacial score (nSPS) is 14.5. The SMILES string of the molecule is COc1nc(C)nc(NC(=O)NS(=O)(=O)c2cccc3c2OC(C)(C)O3)n1. The number of nitrogens with one attached hydrogen (secondary N) is 2. The van der Waals surface area contributed by atoms with E-state index >= 15 is 0 Å². The van der Waals surface area contributed by atoms with Crippen molar-refractivity contribution in [3.8, 4) is 17.5 Å². The molecule has 1 aliphatic rings. The number of benzene rings is 1. The Balaban J connectivity index is 1.81. The Morgan fingerprint density at radius 3 is 2.63 bits per heavy atom. The van der Waals surface area contributed by atoms with Gasteiger partial charge in [-0.3, -0.25) is 5.32 Å². The van der Waals surface area contributed by atoms with Gasteiger partial charge in [0.15, 0.2) is 11.5 Å². The van der Waals surface area contributed by atoms with Crippen molar-refractivity contribution in [2.24, 2.45) is 0 Å². The number of ether oxygens (including phenoxy) is 3. The number of para-hydroxylation sites is 1. The molecule has 0 atom stereocenters. The van der Waals surface area contributed by atoms with Crippen LogP contribution >= 0.6 is 0 Å². The number of nitrogens with zero attached hydrogens (tertiary/aromatic N) is 3. The topological polar surface area (TPSA) is 142 Å². The summed E-state index contributed by atoms with van der Waals surface area (Å²) in [5.41, 5.74) is 0. The maximum Gasteiger partial charge on any atom is 0.335 e. The molecule has 2 amide bonds. The van der Waals surface area contributed by atoms with Crippen LogP contribution in [0.4, 0.5) is 10.7 Å². The van der Waals surface area contributed by atoms with Gasteiger partial charge in [-0.05, 0) is 19.1 Å². The highest BCUT2D eigenvalue weighted by Crippen LogP contribution is 2.43. The fraction of sp³-hybridized carbons (Fsp3) is 0.333. The van der Waals surface area contributed by atoms with Gasteiger partial charge in [0, 0.05) is 13.8 Å². The lowest BCUT2D eigenvalue weighted by Crippen LogP contribution is -2.35. The van der Waals surface area contributed by atoms with Gasteiger partial charge >= 0.3 is 12.0 Å². The van der Waals surface area contributed by atoms with Crippen molar-refractivity contribution in [2.75, 3.05) is 12.4 Å². The summed E-state index contributed by atoms with van der Waals surface area (Å²) in [5, 5.41) is 2.22. The highest BCUT2D eigenvalue weighted by molar-refractivity contribution is 7.90. The quantitative estimate of drug-likeness (QED) is 0.781. The molecule has 0 fully saturated rings. The molecule has 0 bridgehead atoms. The lowest BCUT2D eigenvalue weighted by molar-refractivity contribution is -0.0442. The first kappa shape index (κ1) is 18.6. The predicted octanol–water partition coefficient (Wildman–Crippen LogP) is 1.21. The van der Waals surface area contributed by atoms with Gasteiger partial charge in [0.25, 0.3) is 10.0 Å². The summed E-state index contributed by atoms with van der Waals surface area (Å²) in [6.07, 6.45) is 0. The van der Waals surface area contributed by atoms with Gasteiger partial charge in [0.05, 0.1) is 7.11 Å². The van der Waals surface area contributed by atoms with Crippen molar-refractivity contribution in [1.29, 1.82) is 0 Å². The van der Waals surface area contributed by atoms with Crippen LogP contribution in [0.25, 0.3) is 0 Å². The van der Waals surface area contributed by atoms with Crippen LogP contribution in [0.2, 0.25) is 0 Å². The maximum atomic E-state index is 12.6. The Labute approximate surface area is 155 Å². The number of aryl methyl sites for hydroxylation is 1. The van der Waals surface area contributed by atoms with Gasteiger partial charge in [0.1, 0.15) is 10.7 Å². The van der Waals surface area contributed by atoms with Crippen LogP contribution in [0, 0.1) is 6.92 Å². The molecule has 0 radical (unpaired) electrons. The lowest BCUT2D eigenvalue weighted by atomic mass is 10.3. The summed E-state index contributed by atoms with van der Waals surface area (Å²) in [6, 6.07) is 3.28. The first-order chi connectivity index (χ1) is 12.6. The van der Waals surface area contributed by atoms with Crippen LogP contribution in [0.5, 0.6) is 17.5 Å². The summed E-state index contributed by atoms with van der Waals surface area (Å²) in [7, 11) is -2.90. The summed E-state index contributed by atoms with van der Waals surface area (Å²) in [5.74, 6) is -0.601. The molecule has 2 aromatic rings. The molecule has 1 aromatic carbocycles. The average molecular weight is 395 g/mol. The van der Waals surface area contributed by atoms with Crippen molar-refractivity contribution < 1.29 is 27.4 Å². The predicted molar refractivity (Wildman–Crippen MR) is 92.2 cm³/mol. The molecule has 0 saturated heterocycles. The third kappa shape index (κ3) is 4.00. The molecule has 12 heteroatoms. The van der Waals surface area contributed by atoms with Gasteiger partial charge in [0.2, 0.25) is 11.7 Å². The minimum absolute atomic E-state index is 0.0192. The van der Waals surface area contributed by atoms with Crippen LogP contribution in [-0.4, -0.2) is 42.3 Å². The van der Waals surface area contributed by atoms with E-state index in [4.69, 9.17) is 14.2 Å². The van der Waals surface area contributed by atoms with Gasteiger partial charge < -0.3 is 14.2 Å². The summed E-state index contributed by atoms with van der Waals surface area (Å²) >= 11 is 0. The smallest absolute Gasteiger partial charge is 0.335 e. The van der Waals surface area contributed by atoms with Crippen molar-refractivity contribution >= 4 is 22.0 Å². The average Bonchev–Trinajstić information content (AvgIpc) is 2.86. The fourth-order valence-corrected chi connectivity index (χ4v) is 3.38. The maximum absolute atomic E-state index is 12.6. The molecule has 27 heavy (non-hydrogen) atoms. The third-order valence-electron chi connectivity index (χ3n) is 3.30. The van der Waals surface area contributed by atoms with E-state index < -0.39 is 21.8 Å². The Morgan fingerprint density at radius 1 is 1.19 bits per heavy atom. The number of anilines is 1. The van der Waals surface area contributed by atoms with Gasteiger partial charge in [-0.25, -0.2) is 17.9 Å². The highest BCUT2D eigenvalue weighted by Gasteiger charge is 2.37. The highest BCUT2D eigenvalue weighted by atomic mass is 32.2. The van der Waals surface area contributed by atoms with Crippen molar-refractivity contribution in [2.45, 2.75) is 31.5 Å². The second kappa shape index (κ2) is 6.54. The second-order valence-electron chi connectivity index (χ2n) is 5.94. The number of aromatic nitrogens is 3. The number of hydrogen-bond acceptors (Lipinski definition) is 9. The number of amides is 2. The zero-order valence-electron chi connectivity index (χ0n) is 14.9. The molecule has 0 saturated carbocycles. The van der Waals surface area contributed by atoms with E-state index in [0.717, 1.165) is 0 Å². The van der Waals surface area contributed by atoms with E-state index in [1.54, 1.807) is 26.8 Å². The number of sulfonamides is 1. The standard InChI is InChI=1S/C15H17N5O6S/c1-8-16-12(19-14(17-8)24-4)18-13(21)20-27(22,23)10-7-5-6-9-11(10)26-15(2,3)25-9/h5-7H,1-4H3,(H2,16,17,18,19,20,21). The minimum atomic E-state index is -4.25. The first-order valence-corrected chi connectivity index (χ1v) is 9.19. The number of rotatable bonds is 4. The molecule has 3 rings (SSSR count). The summed E-state index contributed by atoms with van der Waals surface area (Å²) in [6.45, 7) is 4.84. The second-order valence-corrected chi connectivity index (χ2v) is 7.59. The van der Waals surface area contributed by atoms with Gasteiger partial charge in [-0.1, -0.05) is 6.07 Å². The monoisotopic (exact) mass is 395 g/mol. The molecule has 1 aliphatic heterocycles. The number of urea groups is 1. The van der Waals surface area contributed by atoms with E-state index in [0.29, 0.717) is 0 Å². The molecular formula is C15H17N5O6S. The lowest BCUT2D eigenvalue weighted by Gasteiger charge is -2.16. The van der Waals surface area contributed by atoms with Crippen LogP contribution in [0.3, 0.4) is 0 Å². The Kier molecular flexibility index (Phi) is 4.51. The Morgan fingerprint density at radius 2 is 1.93 bits per heavy atom. The van der Waals surface area contributed by atoms with Gasteiger partial charge in [-0.15, -0.1) is 0 Å². The third-order valence-corrected chi connectivity index (χ3v) is 4.65. The fourth-order valence-electron chi connectivity index (χ4n) is 2.33. The number of fused-ring (bicyclic) bond motifs is 1. The van der Waals surface area contributed by atoms with Crippen LogP contribution in [0.1, 0.15) is 19.7 Å². The Bertz CT molecular complexity index is 1010. The zero-order chi connectivity index (χ0) is 19.8. The van der Waals surface area contributed by atoms with Crippen LogP contribution < -0.4 is 24.2 Å². The molecule has 2 heterocycles. The van der Waals surface area contributed by atoms with Crippen LogP contribution in [0.15, 0.2) is 23.1 Å². The van der Waals surface area contributed by atoms with Crippen molar-refractivity contribution in [3.63, 3.8) is 0 Å². The molecule has 144 valence electrons. The molecule has 1 aromatic heterocycles. The van der Waals surface area contributed by atoms with E-state index in [9.17, 15) is 13.2 Å². The first-order valence-electron chi connectivity index (χ1n) is 7.71. The number of carbonyl (C=O) groups is 1. The summed E-state index contributed by atoms with van der Waals surface area (Å²) < 4.78 is 43.0. The largest absolute Gasteiger partial charge is 0.467 e. The van der Waals surface area contributed by atoms with E-state index in [2.05, 4.69) is 20.3 Å². The Hall–Kier alpha value is -3.15. The van der Waals surface area contributed by atoms with E-state index in [1.165, 1.54) is 19.2 Å². The molecule has 0 aliphatic carbocycles. The van der Waals surface area contributed by atoms with E-state index in [1.807, 2.05) is 4.72 Å². The number of carbonyl (C=O) groups excluding carboxylic acids is 1. The van der Waals surface area contributed by atoms with Crippen molar-refractivity contribution in [3.05, 3.63) is 24.0 Å². The molecule has 2 N–H and O–H groups in total. The summed E-state index contributed by atoms with van der Waals surface area (Å²) in [4.78, 5) is 23.5. The minimum Gasteiger partial charge on any atom is -0.467 e. The van der Waals surface area contributed by atoms with Gasteiger partial charge in [-0.2, -0.15) is 15.0 Å².